The summed E-state index contributed by atoms with van der Waals surface area (Å²) in [6, 6.07) is 65.5. The molecule has 0 atom stereocenters. The summed E-state index contributed by atoms with van der Waals surface area (Å²) in [5.41, 5.74) is 15.2. The maximum Gasteiger partial charge on any atom is 0.160 e. The molecule has 4 heteroatoms. The average molecular weight is 704 g/mol. The number of benzene rings is 7. The number of hydrogen-bond donors (Lipinski definition) is 0. The number of pyridine rings is 1. The van der Waals surface area contributed by atoms with Gasteiger partial charge in [-0.3, -0.25) is 4.98 Å². The number of furan rings is 1. The molecule has 0 unspecified atom stereocenters. The lowest BCUT2D eigenvalue weighted by Gasteiger charge is -2.16. The largest absolute Gasteiger partial charge is 0.456 e. The Bertz CT molecular complexity index is 2970. The van der Waals surface area contributed by atoms with Gasteiger partial charge in [-0.2, -0.15) is 0 Å². The van der Waals surface area contributed by atoms with Gasteiger partial charge < -0.3 is 4.42 Å². The highest BCUT2D eigenvalue weighted by Crippen LogP contribution is 2.40. The Morgan fingerprint density at radius 1 is 0.327 bits per heavy atom. The monoisotopic (exact) mass is 703 g/mol. The molecule has 0 spiro atoms. The van der Waals surface area contributed by atoms with E-state index < -0.39 is 0 Å². The van der Waals surface area contributed by atoms with Gasteiger partial charge in [-0.15, -0.1) is 0 Å². The Hall–Kier alpha value is -7.43. The highest BCUT2D eigenvalue weighted by molar-refractivity contribution is 6.06. The van der Waals surface area contributed by atoms with Gasteiger partial charge in [-0.05, 0) is 87.5 Å². The van der Waals surface area contributed by atoms with Crippen LogP contribution in [0.1, 0.15) is 0 Å². The third kappa shape index (κ3) is 6.16. The van der Waals surface area contributed by atoms with Crippen LogP contribution in [0.4, 0.5) is 0 Å². The summed E-state index contributed by atoms with van der Waals surface area (Å²) in [6.45, 7) is 0. The van der Waals surface area contributed by atoms with E-state index in [0.717, 1.165) is 83.4 Å². The summed E-state index contributed by atoms with van der Waals surface area (Å²) in [7, 11) is 0. The van der Waals surface area contributed by atoms with Crippen molar-refractivity contribution in [3.05, 3.63) is 200 Å². The molecule has 3 heterocycles. The van der Waals surface area contributed by atoms with Crippen molar-refractivity contribution in [2.75, 3.05) is 0 Å². The van der Waals surface area contributed by atoms with Gasteiger partial charge in [0.2, 0.25) is 0 Å². The van der Waals surface area contributed by atoms with Crippen LogP contribution in [0.3, 0.4) is 0 Å². The molecular weight excluding hydrogens is 671 g/mol. The van der Waals surface area contributed by atoms with E-state index in [9.17, 15) is 0 Å². The lowest BCUT2D eigenvalue weighted by Crippen LogP contribution is -1.98. The van der Waals surface area contributed by atoms with Gasteiger partial charge in [-0.1, -0.05) is 140 Å². The van der Waals surface area contributed by atoms with Crippen LogP contribution in [0.2, 0.25) is 0 Å². The van der Waals surface area contributed by atoms with Crippen molar-refractivity contribution < 1.29 is 4.42 Å². The van der Waals surface area contributed by atoms with Crippen LogP contribution in [0.5, 0.6) is 0 Å². The van der Waals surface area contributed by atoms with Crippen molar-refractivity contribution >= 4 is 21.9 Å². The first-order valence-electron chi connectivity index (χ1n) is 18.4. The molecule has 7 aromatic carbocycles. The summed E-state index contributed by atoms with van der Waals surface area (Å²) in [4.78, 5) is 14.9. The molecule has 55 heavy (non-hydrogen) atoms. The molecule has 0 aliphatic carbocycles. The number of fused-ring (bicyclic) bond motifs is 3. The molecule has 0 aliphatic heterocycles. The van der Waals surface area contributed by atoms with Crippen LogP contribution in [-0.2, 0) is 0 Å². The second-order valence-corrected chi connectivity index (χ2v) is 13.6. The third-order valence-electron chi connectivity index (χ3n) is 10.2. The van der Waals surface area contributed by atoms with Gasteiger partial charge >= 0.3 is 0 Å². The van der Waals surface area contributed by atoms with Gasteiger partial charge in [0, 0.05) is 45.4 Å². The molecule has 0 aliphatic rings. The molecule has 0 fully saturated rings. The van der Waals surface area contributed by atoms with Gasteiger partial charge in [0.05, 0.1) is 11.4 Å². The predicted molar refractivity (Wildman–Crippen MR) is 225 cm³/mol. The molecule has 258 valence electrons. The Morgan fingerprint density at radius 2 is 0.909 bits per heavy atom. The van der Waals surface area contributed by atoms with Gasteiger partial charge in [0.1, 0.15) is 11.2 Å². The molecule has 10 aromatic rings. The summed E-state index contributed by atoms with van der Waals surface area (Å²) in [5, 5.41) is 2.19. The number of nitrogens with zero attached hydrogens (tertiary/aromatic N) is 3. The number of rotatable bonds is 7. The van der Waals surface area contributed by atoms with Gasteiger partial charge in [0.15, 0.2) is 5.82 Å². The molecule has 4 nitrogen and oxygen atoms in total. The van der Waals surface area contributed by atoms with E-state index in [-0.39, 0.29) is 0 Å². The van der Waals surface area contributed by atoms with Crippen LogP contribution in [0, 0.1) is 0 Å². The standard InChI is InChI=1S/C51H33N3O/c1-3-14-34(15-4-1)41-19-7-8-21-43(41)39-28-38(36-25-26-50-46(31-36)45-23-11-12-24-49(45)55-50)29-40(30-39)47-32-48(54-51(53-47)35-16-5-2-6-17-35)44-22-10-9-20-42(44)37-18-13-27-52-33-37/h1-33H. The molecule has 0 bridgehead atoms. The Kier molecular flexibility index (Phi) is 8.12. The van der Waals surface area contributed by atoms with Crippen molar-refractivity contribution in [1.29, 1.82) is 0 Å². The molecule has 0 saturated carbocycles. The number of aromatic nitrogens is 3. The zero-order valence-electron chi connectivity index (χ0n) is 29.8. The summed E-state index contributed by atoms with van der Waals surface area (Å²) in [5.74, 6) is 0.664. The SMILES string of the molecule is c1ccc(-c2nc(-c3cc(-c4ccc5oc6ccccc6c5c4)cc(-c4ccccc4-c4ccccc4)c3)cc(-c3ccccc3-c3cccnc3)n2)cc1. The van der Waals surface area contributed by atoms with E-state index in [4.69, 9.17) is 14.4 Å². The molecule has 0 amide bonds. The van der Waals surface area contributed by atoms with Crippen LogP contribution in [0.15, 0.2) is 205 Å². The predicted octanol–water partition coefficient (Wildman–Crippen LogP) is 13.4. The van der Waals surface area contributed by atoms with Crippen molar-refractivity contribution in [2.45, 2.75) is 0 Å². The lowest BCUT2D eigenvalue weighted by molar-refractivity contribution is 0.669. The highest BCUT2D eigenvalue weighted by atomic mass is 16.3. The third-order valence-corrected chi connectivity index (χ3v) is 10.2. The van der Waals surface area contributed by atoms with E-state index in [1.807, 2.05) is 42.6 Å². The summed E-state index contributed by atoms with van der Waals surface area (Å²) >= 11 is 0. The van der Waals surface area contributed by atoms with E-state index in [1.165, 1.54) is 11.1 Å². The number of hydrogen-bond acceptors (Lipinski definition) is 4. The summed E-state index contributed by atoms with van der Waals surface area (Å²) in [6.07, 6.45) is 3.70. The summed E-state index contributed by atoms with van der Waals surface area (Å²) < 4.78 is 6.23. The minimum atomic E-state index is 0.664. The van der Waals surface area contributed by atoms with Gasteiger partial charge in [0.25, 0.3) is 0 Å². The molecule has 0 radical (unpaired) electrons. The molecule has 3 aromatic heterocycles. The van der Waals surface area contributed by atoms with Crippen LogP contribution in [-0.4, -0.2) is 15.0 Å². The fourth-order valence-electron chi connectivity index (χ4n) is 7.54. The van der Waals surface area contributed by atoms with Crippen molar-refractivity contribution in [1.82, 2.24) is 15.0 Å². The van der Waals surface area contributed by atoms with Crippen molar-refractivity contribution in [3.63, 3.8) is 0 Å². The maximum atomic E-state index is 6.23. The van der Waals surface area contributed by atoms with E-state index in [1.54, 1.807) is 6.20 Å². The first-order valence-corrected chi connectivity index (χ1v) is 18.4. The van der Waals surface area contributed by atoms with E-state index in [0.29, 0.717) is 5.82 Å². The second-order valence-electron chi connectivity index (χ2n) is 13.6. The van der Waals surface area contributed by atoms with E-state index in [2.05, 4.69) is 157 Å². The average Bonchev–Trinajstić information content (AvgIpc) is 3.65. The van der Waals surface area contributed by atoms with Gasteiger partial charge in [-0.25, -0.2) is 9.97 Å². The molecular formula is C51H33N3O. The fourth-order valence-corrected chi connectivity index (χ4v) is 7.54. The lowest BCUT2D eigenvalue weighted by atomic mass is 9.90. The Balaban J connectivity index is 1.22. The Morgan fingerprint density at radius 3 is 1.67 bits per heavy atom. The minimum absolute atomic E-state index is 0.664. The quantitative estimate of drug-likeness (QED) is 0.166. The highest BCUT2D eigenvalue weighted by Gasteiger charge is 2.18. The normalized spacial score (nSPS) is 11.3. The Labute approximate surface area is 319 Å². The molecule has 0 N–H and O–H groups in total. The van der Waals surface area contributed by atoms with Crippen molar-refractivity contribution in [2.24, 2.45) is 0 Å². The maximum absolute atomic E-state index is 6.23. The zero-order chi connectivity index (χ0) is 36.6. The zero-order valence-corrected chi connectivity index (χ0v) is 29.8. The number of para-hydroxylation sites is 1. The van der Waals surface area contributed by atoms with E-state index >= 15 is 0 Å². The van der Waals surface area contributed by atoms with Crippen LogP contribution >= 0.6 is 0 Å². The minimum Gasteiger partial charge on any atom is -0.456 e. The van der Waals surface area contributed by atoms with Crippen LogP contribution < -0.4 is 0 Å². The first-order chi connectivity index (χ1) is 27.2. The molecule has 0 saturated heterocycles. The van der Waals surface area contributed by atoms with Crippen molar-refractivity contribution in [3.8, 4) is 78.4 Å². The van der Waals surface area contributed by atoms with Crippen LogP contribution in [0.25, 0.3) is 100 Å². The fraction of sp³-hybridized carbons (Fsp3) is 0. The first kappa shape index (κ1) is 32.2. The second kappa shape index (κ2) is 13.8. The topological polar surface area (TPSA) is 51.8 Å². The molecule has 10 rings (SSSR count). The smallest absolute Gasteiger partial charge is 0.160 e.